The van der Waals surface area contributed by atoms with Gasteiger partial charge in [0.25, 0.3) is 0 Å². The number of nitrogens with one attached hydrogen (secondary N) is 1. The van der Waals surface area contributed by atoms with Gasteiger partial charge in [-0.2, -0.15) is 0 Å². The SMILES string of the molecule is O=S(=O)(N[C@@H]1CCCC[C@H]1O)c1ccc(CCCl)cc1. The van der Waals surface area contributed by atoms with Crippen molar-refractivity contribution in [2.45, 2.75) is 49.1 Å². The Morgan fingerprint density at radius 3 is 2.45 bits per heavy atom. The fourth-order valence-electron chi connectivity index (χ4n) is 2.46. The number of aliphatic hydroxyl groups is 1. The number of hydrogen-bond donors (Lipinski definition) is 2. The number of alkyl halides is 1. The van der Waals surface area contributed by atoms with E-state index in [1.165, 1.54) is 0 Å². The van der Waals surface area contributed by atoms with Crippen molar-refractivity contribution in [3.8, 4) is 0 Å². The lowest BCUT2D eigenvalue weighted by Gasteiger charge is -2.28. The number of aryl methyl sites for hydroxylation is 1. The summed E-state index contributed by atoms with van der Waals surface area (Å²) >= 11 is 5.65. The van der Waals surface area contributed by atoms with E-state index in [4.69, 9.17) is 11.6 Å². The van der Waals surface area contributed by atoms with Crippen molar-refractivity contribution in [1.82, 2.24) is 4.72 Å². The van der Waals surface area contributed by atoms with Crippen LogP contribution in [0.3, 0.4) is 0 Å². The van der Waals surface area contributed by atoms with Gasteiger partial charge in [-0.25, -0.2) is 13.1 Å². The zero-order valence-electron chi connectivity index (χ0n) is 11.3. The van der Waals surface area contributed by atoms with Crippen LogP contribution in [-0.2, 0) is 16.4 Å². The Hall–Kier alpha value is -0.620. The molecule has 0 amide bonds. The second-order valence-electron chi connectivity index (χ2n) is 5.16. The summed E-state index contributed by atoms with van der Waals surface area (Å²) in [5, 5.41) is 9.85. The van der Waals surface area contributed by atoms with Crippen molar-refractivity contribution in [2.75, 3.05) is 5.88 Å². The lowest BCUT2D eigenvalue weighted by atomic mass is 9.93. The van der Waals surface area contributed by atoms with Crippen LogP contribution in [-0.4, -0.2) is 31.6 Å². The number of rotatable bonds is 5. The molecule has 6 heteroatoms. The Morgan fingerprint density at radius 1 is 1.20 bits per heavy atom. The molecule has 2 rings (SSSR count). The van der Waals surface area contributed by atoms with Crippen LogP contribution in [0.5, 0.6) is 0 Å². The zero-order chi connectivity index (χ0) is 14.6. The highest BCUT2D eigenvalue weighted by Gasteiger charge is 2.27. The monoisotopic (exact) mass is 317 g/mol. The first-order chi connectivity index (χ1) is 9.53. The second-order valence-corrected chi connectivity index (χ2v) is 7.25. The largest absolute Gasteiger partial charge is 0.391 e. The van der Waals surface area contributed by atoms with E-state index in [0.29, 0.717) is 18.7 Å². The number of sulfonamides is 1. The van der Waals surface area contributed by atoms with Gasteiger partial charge in [-0.05, 0) is 37.0 Å². The second kappa shape index (κ2) is 6.89. The molecule has 0 radical (unpaired) electrons. The molecule has 1 fully saturated rings. The molecule has 20 heavy (non-hydrogen) atoms. The minimum atomic E-state index is -3.57. The molecule has 0 bridgehead atoms. The van der Waals surface area contributed by atoms with Gasteiger partial charge in [0.1, 0.15) is 0 Å². The number of benzene rings is 1. The van der Waals surface area contributed by atoms with Gasteiger partial charge in [-0.15, -0.1) is 11.6 Å². The first-order valence-electron chi connectivity index (χ1n) is 6.88. The van der Waals surface area contributed by atoms with Crippen molar-refractivity contribution in [2.24, 2.45) is 0 Å². The summed E-state index contributed by atoms with van der Waals surface area (Å²) in [6.45, 7) is 0. The molecule has 0 unspecified atom stereocenters. The molecule has 0 heterocycles. The van der Waals surface area contributed by atoms with Crippen LogP contribution < -0.4 is 4.72 Å². The molecule has 2 atom stereocenters. The van der Waals surface area contributed by atoms with Gasteiger partial charge in [0.2, 0.25) is 10.0 Å². The van der Waals surface area contributed by atoms with Crippen LogP contribution in [0, 0.1) is 0 Å². The molecule has 112 valence electrons. The molecule has 0 aliphatic heterocycles. The molecule has 1 aromatic rings. The summed E-state index contributed by atoms with van der Waals surface area (Å²) < 4.78 is 27.1. The van der Waals surface area contributed by atoms with E-state index in [2.05, 4.69) is 4.72 Å². The van der Waals surface area contributed by atoms with Gasteiger partial charge in [0, 0.05) is 11.9 Å². The molecule has 1 aromatic carbocycles. The van der Waals surface area contributed by atoms with Crippen LogP contribution in [0.15, 0.2) is 29.2 Å². The first-order valence-corrected chi connectivity index (χ1v) is 8.90. The Morgan fingerprint density at radius 2 is 1.85 bits per heavy atom. The van der Waals surface area contributed by atoms with E-state index in [1.54, 1.807) is 24.3 Å². The molecule has 1 saturated carbocycles. The molecule has 0 aromatic heterocycles. The number of halogens is 1. The number of aliphatic hydroxyl groups excluding tert-OH is 1. The Bertz CT molecular complexity index is 530. The summed E-state index contributed by atoms with van der Waals surface area (Å²) in [5.41, 5.74) is 1.01. The maximum atomic E-state index is 12.3. The van der Waals surface area contributed by atoms with E-state index >= 15 is 0 Å². The van der Waals surface area contributed by atoms with Gasteiger partial charge in [-0.3, -0.25) is 0 Å². The van der Waals surface area contributed by atoms with Crippen molar-refractivity contribution in [3.63, 3.8) is 0 Å². The lowest BCUT2D eigenvalue weighted by Crippen LogP contribution is -2.44. The molecule has 4 nitrogen and oxygen atoms in total. The summed E-state index contributed by atoms with van der Waals surface area (Å²) in [5.74, 6) is 0.513. The fourth-order valence-corrected chi connectivity index (χ4v) is 3.98. The smallest absolute Gasteiger partial charge is 0.240 e. The van der Waals surface area contributed by atoms with Crippen LogP contribution in [0.2, 0.25) is 0 Å². The highest BCUT2D eigenvalue weighted by atomic mass is 35.5. The molecular formula is C14H20ClNO3S. The Labute approximate surface area is 125 Å². The third-order valence-corrected chi connectivity index (χ3v) is 5.35. The van der Waals surface area contributed by atoms with Crippen LogP contribution in [0.1, 0.15) is 31.2 Å². The molecule has 0 spiro atoms. The quantitative estimate of drug-likeness (QED) is 0.817. The normalized spacial score (nSPS) is 23.7. The van der Waals surface area contributed by atoms with Gasteiger partial charge in [0.05, 0.1) is 11.0 Å². The molecule has 1 aliphatic carbocycles. The van der Waals surface area contributed by atoms with Gasteiger partial charge in [-0.1, -0.05) is 25.0 Å². The maximum Gasteiger partial charge on any atom is 0.240 e. The lowest BCUT2D eigenvalue weighted by molar-refractivity contribution is 0.101. The van der Waals surface area contributed by atoms with E-state index in [-0.39, 0.29) is 10.9 Å². The third kappa shape index (κ3) is 3.95. The molecular weight excluding hydrogens is 298 g/mol. The summed E-state index contributed by atoms with van der Waals surface area (Å²) in [6.07, 6.45) is 3.36. The van der Waals surface area contributed by atoms with Crippen LogP contribution >= 0.6 is 11.6 Å². The van der Waals surface area contributed by atoms with Gasteiger partial charge >= 0.3 is 0 Å². The number of hydrogen-bond acceptors (Lipinski definition) is 3. The summed E-state index contributed by atoms with van der Waals surface area (Å²) in [4.78, 5) is 0.230. The molecule has 0 saturated heterocycles. The van der Waals surface area contributed by atoms with E-state index in [9.17, 15) is 13.5 Å². The Kier molecular flexibility index (Phi) is 5.43. The van der Waals surface area contributed by atoms with Gasteiger partial charge < -0.3 is 5.11 Å². The highest BCUT2D eigenvalue weighted by Crippen LogP contribution is 2.21. The van der Waals surface area contributed by atoms with Crippen LogP contribution in [0.25, 0.3) is 0 Å². The topological polar surface area (TPSA) is 66.4 Å². The van der Waals surface area contributed by atoms with Crippen LogP contribution in [0.4, 0.5) is 0 Å². The minimum Gasteiger partial charge on any atom is -0.391 e. The van der Waals surface area contributed by atoms with Crippen molar-refractivity contribution < 1.29 is 13.5 Å². The fraction of sp³-hybridized carbons (Fsp3) is 0.571. The van der Waals surface area contributed by atoms with E-state index < -0.39 is 16.1 Å². The summed E-state index contributed by atoms with van der Waals surface area (Å²) in [7, 11) is -3.57. The maximum absolute atomic E-state index is 12.3. The van der Waals surface area contributed by atoms with Gasteiger partial charge in [0.15, 0.2) is 0 Å². The predicted octanol–water partition coefficient (Wildman–Crippen LogP) is 2.05. The summed E-state index contributed by atoms with van der Waals surface area (Å²) in [6, 6.07) is 6.33. The third-order valence-electron chi connectivity index (χ3n) is 3.65. The van der Waals surface area contributed by atoms with E-state index in [0.717, 1.165) is 24.8 Å². The average molecular weight is 318 g/mol. The van der Waals surface area contributed by atoms with Crippen molar-refractivity contribution in [3.05, 3.63) is 29.8 Å². The standard InChI is InChI=1S/C14H20ClNO3S/c15-10-9-11-5-7-12(8-6-11)20(18,19)16-13-3-1-2-4-14(13)17/h5-8,13-14,16-17H,1-4,9-10H2/t13-,14-/m1/s1. The Balaban J connectivity index is 2.09. The minimum absolute atomic E-state index is 0.230. The van der Waals surface area contributed by atoms with Crippen molar-refractivity contribution >= 4 is 21.6 Å². The first kappa shape index (κ1) is 15.8. The highest BCUT2D eigenvalue weighted by molar-refractivity contribution is 7.89. The molecule has 2 N–H and O–H groups in total. The van der Waals surface area contributed by atoms with E-state index in [1.807, 2.05) is 0 Å². The average Bonchev–Trinajstić information content (AvgIpc) is 2.42. The predicted molar refractivity (Wildman–Crippen MR) is 79.5 cm³/mol. The zero-order valence-corrected chi connectivity index (χ0v) is 12.8. The van der Waals surface area contributed by atoms with Crippen molar-refractivity contribution in [1.29, 1.82) is 0 Å². The molecule has 1 aliphatic rings.